The molecule has 2 aromatic heterocycles. The van der Waals surface area contributed by atoms with Crippen LogP contribution in [0.15, 0.2) is 36.9 Å². The summed E-state index contributed by atoms with van der Waals surface area (Å²) in [5, 5.41) is 2.90. The van der Waals surface area contributed by atoms with Gasteiger partial charge >= 0.3 is 0 Å². The average molecular weight is 325 g/mol. The lowest BCUT2D eigenvalue weighted by Gasteiger charge is -2.07. The molecule has 0 spiro atoms. The minimum Gasteiger partial charge on any atom is -0.324 e. The second kappa shape index (κ2) is 5.63. The molecule has 2 heterocycles. The number of aromatic nitrogens is 5. The van der Waals surface area contributed by atoms with E-state index in [1.54, 1.807) is 17.0 Å². The molecular weight excluding hydrogens is 318 g/mol. The van der Waals surface area contributed by atoms with E-state index in [1.807, 2.05) is 0 Å². The Morgan fingerprint density at radius 3 is 2.71 bits per heavy atom. The van der Waals surface area contributed by atoms with E-state index in [0.717, 1.165) is 0 Å². The first-order valence-corrected chi connectivity index (χ1v) is 6.49. The first-order chi connectivity index (χ1) is 10.1. The van der Waals surface area contributed by atoms with Crippen LogP contribution < -0.4 is 5.32 Å². The van der Waals surface area contributed by atoms with Crippen LogP contribution in [0.4, 0.5) is 16.0 Å². The van der Waals surface area contributed by atoms with Crippen molar-refractivity contribution in [1.29, 1.82) is 0 Å². The number of halogens is 3. The first kappa shape index (κ1) is 13.7. The van der Waals surface area contributed by atoms with Crippen LogP contribution in [0.1, 0.15) is 0 Å². The quantitative estimate of drug-likeness (QED) is 0.800. The van der Waals surface area contributed by atoms with Crippen molar-refractivity contribution in [3.63, 3.8) is 0 Å². The highest BCUT2D eigenvalue weighted by Crippen LogP contribution is 2.22. The zero-order valence-corrected chi connectivity index (χ0v) is 11.8. The Kier molecular flexibility index (Phi) is 3.68. The number of hydrogen-bond donors (Lipinski definition) is 1. The average Bonchev–Trinajstić information content (AvgIpc) is 2.96. The molecule has 1 aromatic carbocycles. The van der Waals surface area contributed by atoms with Gasteiger partial charge in [0.25, 0.3) is 0 Å². The monoisotopic (exact) mass is 324 g/mol. The van der Waals surface area contributed by atoms with Gasteiger partial charge in [0, 0.05) is 18.1 Å². The summed E-state index contributed by atoms with van der Waals surface area (Å²) in [5.74, 6) is 0.0135. The fourth-order valence-corrected chi connectivity index (χ4v) is 1.93. The summed E-state index contributed by atoms with van der Waals surface area (Å²) < 4.78 is 14.7. The molecule has 0 aliphatic carbocycles. The van der Waals surface area contributed by atoms with Gasteiger partial charge < -0.3 is 5.32 Å². The molecule has 0 aliphatic heterocycles. The predicted octanol–water partition coefficient (Wildman–Crippen LogP) is 3.25. The molecule has 0 unspecified atom stereocenters. The van der Waals surface area contributed by atoms with Crippen LogP contribution in [0.25, 0.3) is 5.95 Å². The highest BCUT2D eigenvalue weighted by atomic mass is 35.5. The molecule has 6 nitrogen and oxygen atoms in total. The molecule has 21 heavy (non-hydrogen) atoms. The van der Waals surface area contributed by atoms with Crippen molar-refractivity contribution in [3.8, 4) is 5.95 Å². The molecule has 3 aromatic rings. The molecular formula is C12H7Cl2FN6. The minimum absolute atomic E-state index is 0.00464. The molecule has 0 saturated heterocycles. The lowest BCUT2D eigenvalue weighted by molar-refractivity contribution is 0.628. The summed E-state index contributed by atoms with van der Waals surface area (Å²) in [5.41, 5.74) is 0.528. The van der Waals surface area contributed by atoms with E-state index in [9.17, 15) is 4.39 Å². The normalized spacial score (nSPS) is 10.6. The number of anilines is 2. The highest BCUT2D eigenvalue weighted by molar-refractivity contribution is 6.31. The van der Waals surface area contributed by atoms with Crippen molar-refractivity contribution < 1.29 is 4.39 Å². The van der Waals surface area contributed by atoms with Gasteiger partial charge in [-0.3, -0.25) is 4.57 Å². The van der Waals surface area contributed by atoms with Gasteiger partial charge in [0.2, 0.25) is 17.2 Å². The molecule has 0 saturated carbocycles. The Labute approximate surface area is 128 Å². The van der Waals surface area contributed by atoms with Crippen LogP contribution in [-0.4, -0.2) is 24.5 Å². The molecule has 0 bridgehead atoms. The third-order valence-electron chi connectivity index (χ3n) is 2.51. The molecule has 3 rings (SSSR count). The maximum Gasteiger partial charge on any atom is 0.241 e. The molecule has 0 radical (unpaired) electrons. The van der Waals surface area contributed by atoms with Crippen LogP contribution in [0.5, 0.6) is 0 Å². The summed E-state index contributed by atoms with van der Waals surface area (Å²) in [6, 6.07) is 4.17. The van der Waals surface area contributed by atoms with Crippen LogP contribution in [0, 0.1) is 5.82 Å². The van der Waals surface area contributed by atoms with Crippen molar-refractivity contribution in [1.82, 2.24) is 24.5 Å². The van der Waals surface area contributed by atoms with Gasteiger partial charge in [-0.2, -0.15) is 15.0 Å². The molecule has 0 fully saturated rings. The lowest BCUT2D eigenvalue weighted by Crippen LogP contribution is -2.05. The van der Waals surface area contributed by atoms with Crippen molar-refractivity contribution >= 4 is 34.8 Å². The fourth-order valence-electron chi connectivity index (χ4n) is 1.59. The van der Waals surface area contributed by atoms with Gasteiger partial charge in [0.05, 0.1) is 5.02 Å². The molecule has 0 aliphatic rings. The number of benzene rings is 1. The number of nitrogens with one attached hydrogen (secondary N) is 1. The topological polar surface area (TPSA) is 68.5 Å². The van der Waals surface area contributed by atoms with Gasteiger partial charge in [-0.25, -0.2) is 9.37 Å². The summed E-state index contributed by atoms with van der Waals surface area (Å²) in [7, 11) is 0. The van der Waals surface area contributed by atoms with E-state index < -0.39 is 5.82 Å². The minimum atomic E-state index is -0.505. The second-order valence-corrected chi connectivity index (χ2v) is 4.70. The first-order valence-electron chi connectivity index (χ1n) is 5.74. The van der Waals surface area contributed by atoms with E-state index in [2.05, 4.69) is 25.3 Å². The van der Waals surface area contributed by atoms with Gasteiger partial charge in [-0.1, -0.05) is 11.6 Å². The highest BCUT2D eigenvalue weighted by Gasteiger charge is 2.08. The zero-order valence-electron chi connectivity index (χ0n) is 10.3. The van der Waals surface area contributed by atoms with E-state index in [0.29, 0.717) is 11.6 Å². The van der Waals surface area contributed by atoms with Crippen LogP contribution in [0.3, 0.4) is 0 Å². The number of imidazole rings is 1. The molecule has 9 heteroatoms. The van der Waals surface area contributed by atoms with Crippen LogP contribution >= 0.6 is 23.2 Å². The smallest absolute Gasteiger partial charge is 0.241 e. The molecule has 0 atom stereocenters. The summed E-state index contributed by atoms with van der Waals surface area (Å²) >= 11 is 11.6. The SMILES string of the molecule is Fc1ccc(Nc2nc(Cl)nc(-n3ccnc3)n2)cc1Cl. The maximum atomic E-state index is 13.1. The number of rotatable bonds is 3. The van der Waals surface area contributed by atoms with E-state index >= 15 is 0 Å². The third-order valence-corrected chi connectivity index (χ3v) is 2.97. The van der Waals surface area contributed by atoms with Gasteiger partial charge in [0.1, 0.15) is 12.1 Å². The Bertz CT molecular complexity index is 777. The van der Waals surface area contributed by atoms with Crippen molar-refractivity contribution in [2.45, 2.75) is 0 Å². The molecule has 0 amide bonds. The zero-order chi connectivity index (χ0) is 14.8. The fraction of sp³-hybridized carbons (Fsp3) is 0. The largest absolute Gasteiger partial charge is 0.324 e. The standard InChI is InChI=1S/C12H7Cl2FN6/c13-8-5-7(1-2-9(8)15)17-11-18-10(14)19-12(20-11)21-4-3-16-6-21/h1-6H,(H,17,18,19,20). The van der Waals surface area contributed by atoms with Crippen molar-refractivity contribution in [2.24, 2.45) is 0 Å². The summed E-state index contributed by atoms with van der Waals surface area (Å²) in [6.45, 7) is 0. The van der Waals surface area contributed by atoms with Crippen molar-refractivity contribution in [2.75, 3.05) is 5.32 Å². The van der Waals surface area contributed by atoms with E-state index in [-0.39, 0.29) is 16.3 Å². The number of hydrogen-bond acceptors (Lipinski definition) is 5. The lowest BCUT2D eigenvalue weighted by atomic mass is 10.3. The Hall–Kier alpha value is -2.25. The maximum absolute atomic E-state index is 13.1. The third kappa shape index (κ3) is 3.09. The molecule has 1 N–H and O–H groups in total. The van der Waals surface area contributed by atoms with Gasteiger partial charge in [-0.15, -0.1) is 0 Å². The Morgan fingerprint density at radius 1 is 1.14 bits per heavy atom. The van der Waals surface area contributed by atoms with Gasteiger partial charge in [-0.05, 0) is 29.8 Å². The van der Waals surface area contributed by atoms with E-state index in [1.165, 1.54) is 24.5 Å². The Morgan fingerprint density at radius 2 is 2.00 bits per heavy atom. The van der Waals surface area contributed by atoms with Crippen molar-refractivity contribution in [3.05, 3.63) is 53.0 Å². The second-order valence-electron chi connectivity index (χ2n) is 3.95. The summed E-state index contributed by atoms with van der Waals surface area (Å²) in [4.78, 5) is 16.0. The van der Waals surface area contributed by atoms with E-state index in [4.69, 9.17) is 23.2 Å². The van der Waals surface area contributed by atoms with Crippen LogP contribution in [-0.2, 0) is 0 Å². The predicted molar refractivity (Wildman–Crippen MR) is 76.7 cm³/mol. The van der Waals surface area contributed by atoms with Gasteiger partial charge in [0.15, 0.2) is 0 Å². The van der Waals surface area contributed by atoms with Crippen LogP contribution in [0.2, 0.25) is 10.3 Å². The summed E-state index contributed by atoms with van der Waals surface area (Å²) in [6.07, 6.45) is 4.79. The molecule has 106 valence electrons. The number of nitrogens with zero attached hydrogens (tertiary/aromatic N) is 5. The Balaban J connectivity index is 1.93.